The van der Waals surface area contributed by atoms with Gasteiger partial charge in [-0.3, -0.25) is 4.79 Å². The van der Waals surface area contributed by atoms with Crippen LogP contribution < -0.4 is 11.1 Å². The molecule has 0 aliphatic heterocycles. The second-order valence-electron chi connectivity index (χ2n) is 7.63. The van der Waals surface area contributed by atoms with Crippen LogP contribution in [0.2, 0.25) is 0 Å². The Morgan fingerprint density at radius 2 is 1.96 bits per heavy atom. The Kier molecular flexibility index (Phi) is 5.79. The number of halogens is 1. The third kappa shape index (κ3) is 4.22. The Labute approximate surface area is 164 Å². The molecule has 0 aliphatic carbocycles. The lowest BCUT2D eigenvalue weighted by molar-refractivity contribution is -0.116. The smallest absolute Gasteiger partial charge is 0.224 e. The summed E-state index contributed by atoms with van der Waals surface area (Å²) in [6.07, 6.45) is 1.05. The summed E-state index contributed by atoms with van der Waals surface area (Å²) in [4.78, 5) is 16.8. The van der Waals surface area contributed by atoms with Crippen molar-refractivity contribution in [3.8, 4) is 11.4 Å². The van der Waals surface area contributed by atoms with Gasteiger partial charge in [0.05, 0.1) is 11.0 Å². The molecule has 0 radical (unpaired) electrons. The molecule has 6 heteroatoms. The highest BCUT2D eigenvalue weighted by molar-refractivity contribution is 5.92. The van der Waals surface area contributed by atoms with E-state index in [9.17, 15) is 9.18 Å². The highest BCUT2D eigenvalue weighted by Gasteiger charge is 2.16. The predicted molar refractivity (Wildman–Crippen MR) is 112 cm³/mol. The highest BCUT2D eigenvalue weighted by Crippen LogP contribution is 2.31. The maximum Gasteiger partial charge on any atom is 0.224 e. The summed E-state index contributed by atoms with van der Waals surface area (Å²) in [7, 11) is 0. The van der Waals surface area contributed by atoms with Gasteiger partial charge < -0.3 is 15.6 Å². The van der Waals surface area contributed by atoms with Gasteiger partial charge in [-0.15, -0.1) is 0 Å². The molecule has 1 aromatic heterocycles. The molecular weight excluding hydrogens is 355 g/mol. The van der Waals surface area contributed by atoms with Crippen molar-refractivity contribution in [3.05, 3.63) is 47.8 Å². The van der Waals surface area contributed by atoms with Crippen LogP contribution in [0.15, 0.2) is 36.4 Å². The van der Waals surface area contributed by atoms with E-state index in [1.807, 2.05) is 36.6 Å². The van der Waals surface area contributed by atoms with Gasteiger partial charge in [-0.1, -0.05) is 0 Å². The number of nitrogens with zero attached hydrogens (tertiary/aromatic N) is 2. The number of anilines is 1. The Bertz CT molecular complexity index is 1010. The fourth-order valence-corrected chi connectivity index (χ4v) is 3.31. The van der Waals surface area contributed by atoms with E-state index in [2.05, 4.69) is 19.2 Å². The zero-order valence-corrected chi connectivity index (χ0v) is 16.8. The van der Waals surface area contributed by atoms with Crippen molar-refractivity contribution in [2.45, 2.75) is 52.6 Å². The molecule has 148 valence electrons. The normalized spacial score (nSPS) is 12.5. The molecule has 1 unspecified atom stereocenters. The second-order valence-corrected chi connectivity index (χ2v) is 7.63. The molecule has 1 heterocycles. The predicted octanol–water partition coefficient (Wildman–Crippen LogP) is 4.80. The number of hydrogen-bond acceptors (Lipinski definition) is 3. The van der Waals surface area contributed by atoms with Crippen LogP contribution in [0.4, 0.5) is 10.1 Å². The molecule has 1 amide bonds. The number of benzene rings is 2. The van der Waals surface area contributed by atoms with Gasteiger partial charge in [0.1, 0.15) is 11.6 Å². The van der Waals surface area contributed by atoms with Crippen LogP contribution >= 0.6 is 0 Å². The first-order valence-corrected chi connectivity index (χ1v) is 9.60. The number of hydrogen-bond donors (Lipinski definition) is 2. The van der Waals surface area contributed by atoms with Gasteiger partial charge in [-0.05, 0) is 76.1 Å². The number of amides is 1. The number of nitrogens with one attached hydrogen (secondary N) is 1. The second kappa shape index (κ2) is 8.10. The van der Waals surface area contributed by atoms with E-state index in [1.54, 1.807) is 6.07 Å². The molecule has 3 N–H and O–H groups in total. The number of carbonyl (C=O) groups excluding carboxylic acids is 1. The summed E-state index contributed by atoms with van der Waals surface area (Å²) in [5, 5.41) is 2.94. The molecule has 28 heavy (non-hydrogen) atoms. The lowest BCUT2D eigenvalue weighted by Gasteiger charge is -2.15. The van der Waals surface area contributed by atoms with Crippen LogP contribution in [0.1, 0.15) is 45.2 Å². The molecule has 0 aliphatic rings. The molecule has 0 spiro atoms. The summed E-state index contributed by atoms with van der Waals surface area (Å²) in [5.74, 6) is 0.466. The van der Waals surface area contributed by atoms with Crippen molar-refractivity contribution in [1.29, 1.82) is 0 Å². The molecule has 3 rings (SSSR count). The minimum atomic E-state index is -0.276. The van der Waals surface area contributed by atoms with Crippen molar-refractivity contribution < 1.29 is 9.18 Å². The molecule has 5 nitrogen and oxygen atoms in total. The van der Waals surface area contributed by atoms with Crippen LogP contribution in [0.5, 0.6) is 0 Å². The summed E-state index contributed by atoms with van der Waals surface area (Å²) in [6, 6.07) is 10.6. The van der Waals surface area contributed by atoms with Crippen molar-refractivity contribution in [2.24, 2.45) is 5.73 Å². The van der Waals surface area contributed by atoms with E-state index < -0.39 is 0 Å². The largest absolute Gasteiger partial charge is 0.328 e. The monoisotopic (exact) mass is 382 g/mol. The molecule has 3 aromatic rings. The summed E-state index contributed by atoms with van der Waals surface area (Å²) < 4.78 is 15.8. The number of fused-ring (bicyclic) bond motifs is 1. The fraction of sp³-hybridized carbons (Fsp3) is 0.364. The molecule has 0 saturated heterocycles. The van der Waals surface area contributed by atoms with Gasteiger partial charge in [-0.2, -0.15) is 0 Å². The van der Waals surface area contributed by atoms with Gasteiger partial charge in [0, 0.05) is 29.8 Å². The third-order valence-electron chi connectivity index (χ3n) is 4.75. The number of aromatic nitrogens is 2. The maximum atomic E-state index is 13.8. The van der Waals surface area contributed by atoms with Crippen molar-refractivity contribution >= 4 is 22.6 Å². The van der Waals surface area contributed by atoms with Crippen molar-refractivity contribution in [1.82, 2.24) is 9.55 Å². The number of carbonyl (C=O) groups is 1. The summed E-state index contributed by atoms with van der Waals surface area (Å²) in [6.45, 7) is 7.94. The summed E-state index contributed by atoms with van der Waals surface area (Å²) >= 11 is 0. The maximum absolute atomic E-state index is 13.8. The topological polar surface area (TPSA) is 72.9 Å². The third-order valence-corrected chi connectivity index (χ3v) is 4.75. The molecule has 0 fully saturated rings. The van der Waals surface area contributed by atoms with Crippen molar-refractivity contribution in [2.75, 3.05) is 5.32 Å². The van der Waals surface area contributed by atoms with Crippen LogP contribution in [-0.4, -0.2) is 21.5 Å². The van der Waals surface area contributed by atoms with E-state index >= 15 is 0 Å². The molecule has 2 aromatic carbocycles. The minimum Gasteiger partial charge on any atom is -0.328 e. The number of nitrogens with two attached hydrogens (primary N) is 1. The molecule has 0 saturated carbocycles. The number of imidazole rings is 1. The molecule has 1 atom stereocenters. The SMILES string of the molecule is Cc1cc(-c2nc3ccc(F)cc3n2C(C)C)ccc1NC(=O)CCC(C)N. The first-order valence-electron chi connectivity index (χ1n) is 9.60. The Balaban J connectivity index is 1.94. The molecule has 0 bridgehead atoms. The molecular formula is C22H27FN4O. The Morgan fingerprint density at radius 1 is 1.21 bits per heavy atom. The Morgan fingerprint density at radius 3 is 2.61 bits per heavy atom. The minimum absolute atomic E-state index is 0.00286. The summed E-state index contributed by atoms with van der Waals surface area (Å²) in [5.41, 5.74) is 9.90. The van der Waals surface area contributed by atoms with Crippen LogP contribution in [0.3, 0.4) is 0 Å². The van der Waals surface area contributed by atoms with E-state index in [-0.39, 0.29) is 23.8 Å². The zero-order chi connectivity index (χ0) is 20.4. The quantitative estimate of drug-likeness (QED) is 0.643. The average molecular weight is 382 g/mol. The van der Waals surface area contributed by atoms with Gasteiger partial charge in [-0.25, -0.2) is 9.37 Å². The van der Waals surface area contributed by atoms with E-state index in [1.165, 1.54) is 12.1 Å². The average Bonchev–Trinajstić information content (AvgIpc) is 3.00. The van der Waals surface area contributed by atoms with E-state index in [0.29, 0.717) is 12.8 Å². The number of aryl methyl sites for hydroxylation is 1. The van der Waals surface area contributed by atoms with E-state index in [4.69, 9.17) is 10.7 Å². The number of rotatable bonds is 6. The van der Waals surface area contributed by atoms with Gasteiger partial charge >= 0.3 is 0 Å². The first-order chi connectivity index (χ1) is 13.3. The van der Waals surface area contributed by atoms with Gasteiger partial charge in [0.25, 0.3) is 0 Å². The van der Waals surface area contributed by atoms with Gasteiger partial charge in [0.2, 0.25) is 5.91 Å². The van der Waals surface area contributed by atoms with Gasteiger partial charge in [0.15, 0.2) is 0 Å². The lowest BCUT2D eigenvalue weighted by atomic mass is 10.1. The Hall–Kier alpha value is -2.73. The standard InChI is InChI=1S/C22H27FN4O/c1-13(2)27-20-12-17(23)7-9-19(20)26-22(27)16-6-8-18(14(3)11-16)25-21(28)10-5-15(4)24/h6-9,11-13,15H,5,10,24H2,1-4H3,(H,25,28). The van der Waals surface area contributed by atoms with Crippen LogP contribution in [-0.2, 0) is 4.79 Å². The van der Waals surface area contributed by atoms with Crippen molar-refractivity contribution in [3.63, 3.8) is 0 Å². The zero-order valence-electron chi connectivity index (χ0n) is 16.8. The van der Waals surface area contributed by atoms with Crippen LogP contribution in [0, 0.1) is 12.7 Å². The fourth-order valence-electron chi connectivity index (χ4n) is 3.31. The van der Waals surface area contributed by atoms with Crippen LogP contribution in [0.25, 0.3) is 22.4 Å². The first kappa shape index (κ1) is 20.0. The highest BCUT2D eigenvalue weighted by atomic mass is 19.1. The lowest BCUT2D eigenvalue weighted by Crippen LogP contribution is -2.19. The van der Waals surface area contributed by atoms with E-state index in [0.717, 1.165) is 33.7 Å².